The number of ether oxygens (including phenoxy) is 1. The molecule has 2 heterocycles. The SMILES string of the molecule is COc1nncc2c3[nH]c(C(C)(C)C)nc3c3ccc(F)cc3c12. The van der Waals surface area contributed by atoms with Crippen LogP contribution < -0.4 is 4.74 Å². The van der Waals surface area contributed by atoms with E-state index in [1.165, 1.54) is 19.2 Å². The lowest BCUT2D eigenvalue weighted by Gasteiger charge is -2.13. The van der Waals surface area contributed by atoms with Gasteiger partial charge < -0.3 is 9.72 Å². The summed E-state index contributed by atoms with van der Waals surface area (Å²) in [6.07, 6.45) is 1.66. The number of imidazole rings is 1. The van der Waals surface area contributed by atoms with Crippen molar-refractivity contribution in [2.45, 2.75) is 26.2 Å². The number of halogens is 1. The van der Waals surface area contributed by atoms with Gasteiger partial charge in [0.05, 0.1) is 29.7 Å². The highest BCUT2D eigenvalue weighted by molar-refractivity contribution is 6.24. The summed E-state index contributed by atoms with van der Waals surface area (Å²) in [6.45, 7) is 6.28. The summed E-state index contributed by atoms with van der Waals surface area (Å²) in [5, 5.41) is 11.2. The van der Waals surface area contributed by atoms with Crippen molar-refractivity contribution in [3.05, 3.63) is 36.0 Å². The Morgan fingerprint density at radius 1 is 1.12 bits per heavy atom. The summed E-state index contributed by atoms with van der Waals surface area (Å²) in [5.41, 5.74) is 1.53. The van der Waals surface area contributed by atoms with Gasteiger partial charge >= 0.3 is 0 Å². The fourth-order valence-electron chi connectivity index (χ4n) is 3.01. The van der Waals surface area contributed by atoms with Crippen molar-refractivity contribution in [1.29, 1.82) is 0 Å². The second kappa shape index (κ2) is 4.87. The average molecular weight is 324 g/mol. The summed E-state index contributed by atoms with van der Waals surface area (Å²) in [6, 6.07) is 4.69. The van der Waals surface area contributed by atoms with Gasteiger partial charge in [0.1, 0.15) is 11.6 Å². The predicted molar refractivity (Wildman–Crippen MR) is 91.9 cm³/mol. The molecule has 2 aromatic heterocycles. The van der Waals surface area contributed by atoms with E-state index in [0.29, 0.717) is 5.88 Å². The maximum atomic E-state index is 13.9. The second-order valence-corrected chi connectivity index (χ2v) is 6.89. The van der Waals surface area contributed by atoms with Crippen LogP contribution >= 0.6 is 0 Å². The molecule has 0 fully saturated rings. The van der Waals surface area contributed by atoms with Gasteiger partial charge in [-0.1, -0.05) is 20.8 Å². The Morgan fingerprint density at radius 3 is 2.62 bits per heavy atom. The van der Waals surface area contributed by atoms with Gasteiger partial charge in [0.15, 0.2) is 0 Å². The molecule has 6 heteroatoms. The van der Waals surface area contributed by atoms with Gasteiger partial charge in [0.25, 0.3) is 0 Å². The van der Waals surface area contributed by atoms with Crippen molar-refractivity contribution in [3.63, 3.8) is 0 Å². The van der Waals surface area contributed by atoms with E-state index in [2.05, 4.69) is 36.0 Å². The van der Waals surface area contributed by atoms with Gasteiger partial charge in [-0.2, -0.15) is 5.10 Å². The molecule has 0 spiro atoms. The Bertz CT molecular complexity index is 1100. The van der Waals surface area contributed by atoms with Crippen molar-refractivity contribution in [3.8, 4) is 5.88 Å². The number of nitrogens with one attached hydrogen (secondary N) is 1. The maximum Gasteiger partial charge on any atom is 0.241 e. The quantitative estimate of drug-likeness (QED) is 0.535. The molecule has 2 aromatic carbocycles. The fourth-order valence-corrected chi connectivity index (χ4v) is 3.01. The molecule has 0 aliphatic rings. The zero-order chi connectivity index (χ0) is 17.1. The Hall–Kier alpha value is -2.76. The molecular formula is C18H17FN4O. The Labute approximate surface area is 137 Å². The van der Waals surface area contributed by atoms with Crippen LogP contribution in [-0.4, -0.2) is 27.3 Å². The molecule has 0 aliphatic carbocycles. The summed E-state index contributed by atoms with van der Waals surface area (Å²) in [5.74, 6) is 0.928. The molecule has 0 bridgehead atoms. The van der Waals surface area contributed by atoms with Crippen LogP contribution in [0.3, 0.4) is 0 Å². The van der Waals surface area contributed by atoms with Crippen molar-refractivity contribution in [2.75, 3.05) is 7.11 Å². The lowest BCUT2D eigenvalue weighted by Crippen LogP contribution is -2.12. The molecule has 0 saturated carbocycles. The monoisotopic (exact) mass is 324 g/mol. The van der Waals surface area contributed by atoms with Crippen molar-refractivity contribution >= 4 is 32.6 Å². The average Bonchev–Trinajstić information content (AvgIpc) is 3.00. The van der Waals surface area contributed by atoms with E-state index in [9.17, 15) is 4.39 Å². The first-order valence-corrected chi connectivity index (χ1v) is 7.71. The van der Waals surface area contributed by atoms with Gasteiger partial charge in [0, 0.05) is 21.6 Å². The minimum Gasteiger partial charge on any atom is -0.479 e. The third kappa shape index (κ3) is 2.02. The van der Waals surface area contributed by atoms with Crippen molar-refractivity contribution in [1.82, 2.24) is 20.2 Å². The minimum absolute atomic E-state index is 0.137. The number of aromatic nitrogens is 4. The summed E-state index contributed by atoms with van der Waals surface area (Å²) >= 11 is 0. The number of nitrogens with zero attached hydrogens (tertiary/aromatic N) is 3. The smallest absolute Gasteiger partial charge is 0.241 e. The number of aromatic amines is 1. The maximum absolute atomic E-state index is 13.9. The van der Waals surface area contributed by atoms with E-state index >= 15 is 0 Å². The summed E-state index contributed by atoms with van der Waals surface area (Å²) < 4.78 is 19.3. The van der Waals surface area contributed by atoms with E-state index in [-0.39, 0.29) is 11.2 Å². The van der Waals surface area contributed by atoms with Gasteiger partial charge in [0.2, 0.25) is 5.88 Å². The Kier molecular flexibility index (Phi) is 3.00. The lowest BCUT2D eigenvalue weighted by molar-refractivity contribution is 0.398. The zero-order valence-electron chi connectivity index (χ0n) is 13.9. The highest BCUT2D eigenvalue weighted by Crippen LogP contribution is 2.38. The van der Waals surface area contributed by atoms with Gasteiger partial charge in [-0.3, -0.25) is 0 Å². The first kappa shape index (κ1) is 14.8. The first-order chi connectivity index (χ1) is 11.4. The Morgan fingerprint density at radius 2 is 1.92 bits per heavy atom. The first-order valence-electron chi connectivity index (χ1n) is 7.71. The number of fused-ring (bicyclic) bond motifs is 6. The largest absolute Gasteiger partial charge is 0.479 e. The number of H-pyrrole nitrogens is 1. The highest BCUT2D eigenvalue weighted by Gasteiger charge is 2.22. The van der Waals surface area contributed by atoms with Crippen LogP contribution in [0.4, 0.5) is 4.39 Å². The molecule has 5 nitrogen and oxygen atoms in total. The third-order valence-electron chi connectivity index (χ3n) is 4.20. The van der Waals surface area contributed by atoms with E-state index in [1.807, 2.05) is 0 Å². The van der Waals surface area contributed by atoms with Gasteiger partial charge in [-0.15, -0.1) is 5.10 Å². The molecule has 0 unspecified atom stereocenters. The topological polar surface area (TPSA) is 63.7 Å². The van der Waals surface area contributed by atoms with E-state index < -0.39 is 0 Å². The van der Waals surface area contributed by atoms with Crippen LogP contribution in [0.25, 0.3) is 32.6 Å². The number of benzene rings is 2. The highest BCUT2D eigenvalue weighted by atomic mass is 19.1. The molecule has 24 heavy (non-hydrogen) atoms. The Balaban J connectivity index is 2.30. The fraction of sp³-hybridized carbons (Fsp3) is 0.278. The lowest BCUT2D eigenvalue weighted by atomic mass is 9.96. The number of rotatable bonds is 1. The standard InChI is InChI=1S/C18H17FN4O/c1-18(2,3)17-21-14-10-6-5-9(19)7-11(10)13-12(15(14)22-17)8-20-23-16(13)24-4/h5-8H,1-4H3,(H,21,22). The van der Waals surface area contributed by atoms with Crippen molar-refractivity contribution < 1.29 is 9.13 Å². The van der Waals surface area contributed by atoms with Crippen molar-refractivity contribution in [2.24, 2.45) is 0 Å². The molecule has 4 aromatic rings. The van der Waals surface area contributed by atoms with Crippen LogP contribution in [0.15, 0.2) is 24.4 Å². The predicted octanol–water partition coefficient (Wildman–Crippen LogP) is 4.10. The second-order valence-electron chi connectivity index (χ2n) is 6.89. The van der Waals surface area contributed by atoms with Gasteiger partial charge in [-0.05, 0) is 18.2 Å². The van der Waals surface area contributed by atoms with E-state index in [4.69, 9.17) is 9.72 Å². The molecule has 0 amide bonds. The van der Waals surface area contributed by atoms with Gasteiger partial charge in [-0.25, -0.2) is 9.37 Å². The molecule has 4 rings (SSSR count). The van der Waals surface area contributed by atoms with Crippen LogP contribution in [-0.2, 0) is 5.41 Å². The molecule has 0 aliphatic heterocycles. The molecule has 0 radical (unpaired) electrons. The molecule has 122 valence electrons. The van der Waals surface area contributed by atoms with Crippen LogP contribution in [0, 0.1) is 5.82 Å². The zero-order valence-corrected chi connectivity index (χ0v) is 13.9. The summed E-state index contributed by atoms with van der Waals surface area (Å²) in [7, 11) is 1.53. The normalized spacial score (nSPS) is 12.4. The van der Waals surface area contributed by atoms with Crippen LogP contribution in [0.5, 0.6) is 5.88 Å². The number of hydrogen-bond donors (Lipinski definition) is 1. The molecule has 1 N–H and O–H groups in total. The minimum atomic E-state index is -0.311. The molecule has 0 atom stereocenters. The van der Waals surface area contributed by atoms with E-state index in [0.717, 1.165) is 38.4 Å². The number of hydrogen-bond acceptors (Lipinski definition) is 4. The van der Waals surface area contributed by atoms with Crippen LogP contribution in [0.2, 0.25) is 0 Å². The number of methoxy groups -OCH3 is 1. The molecule has 0 saturated heterocycles. The summed E-state index contributed by atoms with van der Waals surface area (Å²) in [4.78, 5) is 8.19. The molecular weight excluding hydrogens is 307 g/mol. The van der Waals surface area contributed by atoms with Crippen LogP contribution in [0.1, 0.15) is 26.6 Å². The van der Waals surface area contributed by atoms with E-state index in [1.54, 1.807) is 12.3 Å². The third-order valence-corrected chi connectivity index (χ3v) is 4.20.